The Labute approximate surface area is 63.2 Å². The van der Waals surface area contributed by atoms with E-state index < -0.39 is 0 Å². The third-order valence-corrected chi connectivity index (χ3v) is 2.63. The van der Waals surface area contributed by atoms with E-state index in [-0.39, 0.29) is 18.9 Å². The maximum atomic E-state index is 1.58. The van der Waals surface area contributed by atoms with Crippen LogP contribution in [0.3, 0.4) is 0 Å². The van der Waals surface area contributed by atoms with E-state index in [9.17, 15) is 0 Å². The molecule has 0 amide bonds. The second-order valence-corrected chi connectivity index (χ2v) is 3.12. The van der Waals surface area contributed by atoms with Crippen molar-refractivity contribution in [2.45, 2.75) is 32.1 Å². The Bertz CT molecular complexity index is 62.5. The molecule has 0 aromatic carbocycles. The van der Waals surface area contributed by atoms with Crippen LogP contribution in [0.4, 0.5) is 0 Å². The van der Waals surface area contributed by atoms with Crippen LogP contribution in [-0.4, -0.2) is 18.9 Å². The number of rotatable bonds is 0. The molecular formula is C7H13Li. The van der Waals surface area contributed by atoms with Crippen molar-refractivity contribution in [2.24, 2.45) is 11.8 Å². The minimum absolute atomic E-state index is 0. The van der Waals surface area contributed by atoms with Crippen molar-refractivity contribution in [2.75, 3.05) is 0 Å². The molecule has 0 N–H and O–H groups in total. The predicted octanol–water partition coefficient (Wildman–Crippen LogP) is 1.55. The molecule has 0 radical (unpaired) electrons. The van der Waals surface area contributed by atoms with Crippen LogP contribution in [-0.2, 0) is 0 Å². The van der Waals surface area contributed by atoms with Crippen LogP contribution < -0.4 is 0 Å². The maximum absolute atomic E-state index is 1.58. The molecule has 0 nitrogen and oxygen atoms in total. The van der Waals surface area contributed by atoms with Crippen molar-refractivity contribution in [3.63, 3.8) is 0 Å². The quantitative estimate of drug-likeness (QED) is 0.409. The van der Waals surface area contributed by atoms with Crippen molar-refractivity contribution in [3.8, 4) is 0 Å². The van der Waals surface area contributed by atoms with E-state index in [0.717, 1.165) is 0 Å². The fourth-order valence-corrected chi connectivity index (χ4v) is 2.17. The van der Waals surface area contributed by atoms with Crippen molar-refractivity contribution in [1.29, 1.82) is 0 Å². The van der Waals surface area contributed by atoms with E-state index in [1.165, 1.54) is 11.8 Å². The summed E-state index contributed by atoms with van der Waals surface area (Å²) < 4.78 is 0. The summed E-state index contributed by atoms with van der Waals surface area (Å²) in [5.41, 5.74) is 0. The first-order valence-corrected chi connectivity index (χ1v) is 3.45. The van der Waals surface area contributed by atoms with Crippen molar-refractivity contribution in [3.05, 3.63) is 0 Å². The van der Waals surface area contributed by atoms with Crippen molar-refractivity contribution < 1.29 is 0 Å². The topological polar surface area (TPSA) is 0 Å². The molecular weight excluding hydrogens is 91.0 g/mol. The van der Waals surface area contributed by atoms with Gasteiger partial charge >= 0.3 is 18.9 Å². The molecule has 0 aliphatic heterocycles. The van der Waals surface area contributed by atoms with Gasteiger partial charge in [-0.2, -0.15) is 0 Å². The molecule has 0 heterocycles. The molecule has 2 fully saturated rings. The van der Waals surface area contributed by atoms with Gasteiger partial charge in [-0.1, -0.05) is 25.7 Å². The van der Waals surface area contributed by atoms with Gasteiger partial charge in [-0.05, 0) is 18.3 Å². The van der Waals surface area contributed by atoms with Gasteiger partial charge in [0.15, 0.2) is 0 Å². The molecule has 2 rings (SSSR count). The monoisotopic (exact) mass is 104 g/mol. The Morgan fingerprint density at radius 2 is 1.12 bits per heavy atom. The van der Waals surface area contributed by atoms with Crippen LogP contribution in [0.25, 0.3) is 0 Å². The Morgan fingerprint density at radius 3 is 1.25 bits per heavy atom. The van der Waals surface area contributed by atoms with Gasteiger partial charge in [-0.25, -0.2) is 0 Å². The van der Waals surface area contributed by atoms with Gasteiger partial charge in [0, 0.05) is 0 Å². The van der Waals surface area contributed by atoms with Crippen LogP contribution >= 0.6 is 0 Å². The fourth-order valence-electron chi connectivity index (χ4n) is 2.17. The summed E-state index contributed by atoms with van der Waals surface area (Å²) in [6.07, 6.45) is 7.82. The van der Waals surface area contributed by atoms with Crippen molar-refractivity contribution >= 4 is 18.9 Å². The van der Waals surface area contributed by atoms with E-state index in [0.29, 0.717) is 0 Å². The standard InChI is InChI=1S/C7H12.Li.H/c1-2-7-4-3-6(1)5-7;;/h6-7H,1-5H2;;. The van der Waals surface area contributed by atoms with E-state index >= 15 is 0 Å². The number of hydrogen-bond acceptors (Lipinski definition) is 0. The summed E-state index contributed by atoms with van der Waals surface area (Å²) in [6.45, 7) is 0. The summed E-state index contributed by atoms with van der Waals surface area (Å²) in [4.78, 5) is 0. The first-order chi connectivity index (χ1) is 3.45. The Morgan fingerprint density at radius 1 is 0.750 bits per heavy atom. The molecule has 0 spiro atoms. The molecule has 8 heavy (non-hydrogen) atoms. The first kappa shape index (κ1) is 6.71. The van der Waals surface area contributed by atoms with E-state index in [2.05, 4.69) is 0 Å². The Hall–Kier alpha value is 0.597. The van der Waals surface area contributed by atoms with Gasteiger partial charge in [-0.3, -0.25) is 0 Å². The molecule has 2 bridgehead atoms. The first-order valence-electron chi connectivity index (χ1n) is 3.45. The Kier molecular flexibility index (Phi) is 2.06. The minimum atomic E-state index is 0. The molecule has 0 unspecified atom stereocenters. The van der Waals surface area contributed by atoms with E-state index in [4.69, 9.17) is 0 Å². The fraction of sp³-hybridized carbons (Fsp3) is 1.00. The predicted molar refractivity (Wildman–Crippen MR) is 37.2 cm³/mol. The molecule has 2 saturated carbocycles. The average molecular weight is 104 g/mol. The summed E-state index contributed by atoms with van der Waals surface area (Å²) in [5.74, 6) is 2.34. The molecule has 1 heteroatoms. The zero-order valence-corrected chi connectivity index (χ0v) is 4.69. The van der Waals surface area contributed by atoms with E-state index in [1.54, 1.807) is 32.1 Å². The van der Waals surface area contributed by atoms with Gasteiger partial charge < -0.3 is 0 Å². The third kappa shape index (κ3) is 0.970. The number of fused-ring (bicyclic) bond motifs is 2. The Balaban J connectivity index is 0.000000320. The zero-order chi connectivity index (χ0) is 4.69. The van der Waals surface area contributed by atoms with Gasteiger partial charge in [0.25, 0.3) is 0 Å². The molecule has 2 aliphatic carbocycles. The van der Waals surface area contributed by atoms with Crippen LogP contribution in [0.2, 0.25) is 0 Å². The van der Waals surface area contributed by atoms with Gasteiger partial charge in [0.05, 0.1) is 0 Å². The van der Waals surface area contributed by atoms with Gasteiger partial charge in [-0.15, -0.1) is 0 Å². The van der Waals surface area contributed by atoms with Crippen LogP contribution in [0.5, 0.6) is 0 Å². The molecule has 0 aromatic heterocycles. The molecule has 0 saturated heterocycles. The van der Waals surface area contributed by atoms with Gasteiger partial charge in [0.1, 0.15) is 0 Å². The number of hydrogen-bond donors (Lipinski definition) is 0. The van der Waals surface area contributed by atoms with Gasteiger partial charge in [0.2, 0.25) is 0 Å². The van der Waals surface area contributed by atoms with E-state index in [1.807, 2.05) is 0 Å². The van der Waals surface area contributed by atoms with Crippen LogP contribution in [0.1, 0.15) is 32.1 Å². The molecule has 0 aromatic rings. The average Bonchev–Trinajstić information content (AvgIpc) is 2.22. The molecule has 0 atom stereocenters. The second-order valence-electron chi connectivity index (χ2n) is 3.12. The SMILES string of the molecule is C1CC2CCC1C2.[LiH]. The molecule has 42 valence electrons. The zero-order valence-electron chi connectivity index (χ0n) is 4.69. The third-order valence-electron chi connectivity index (χ3n) is 2.63. The summed E-state index contributed by atoms with van der Waals surface area (Å²) >= 11 is 0. The summed E-state index contributed by atoms with van der Waals surface area (Å²) in [6, 6.07) is 0. The summed E-state index contributed by atoms with van der Waals surface area (Å²) in [5, 5.41) is 0. The van der Waals surface area contributed by atoms with Crippen LogP contribution in [0, 0.1) is 11.8 Å². The molecule has 2 aliphatic rings. The van der Waals surface area contributed by atoms with Crippen molar-refractivity contribution in [1.82, 2.24) is 0 Å². The summed E-state index contributed by atoms with van der Waals surface area (Å²) in [7, 11) is 0. The van der Waals surface area contributed by atoms with Crippen LogP contribution in [0.15, 0.2) is 0 Å². The second kappa shape index (κ2) is 2.46. The normalized spacial score (nSPS) is 42.0.